The summed E-state index contributed by atoms with van der Waals surface area (Å²) < 4.78 is 32.7. The van der Waals surface area contributed by atoms with Crippen LogP contribution >= 0.6 is 22.9 Å². The molecule has 0 spiro atoms. The van der Waals surface area contributed by atoms with E-state index >= 15 is 0 Å². The number of unbranched alkanes of at least 4 members (excludes halogenated alkanes) is 2. The second-order valence-electron chi connectivity index (χ2n) is 15.9. The van der Waals surface area contributed by atoms with Crippen molar-refractivity contribution >= 4 is 62.7 Å². The van der Waals surface area contributed by atoms with E-state index in [0.717, 1.165) is 24.8 Å². The van der Waals surface area contributed by atoms with Gasteiger partial charge in [0.2, 0.25) is 21.8 Å². The van der Waals surface area contributed by atoms with E-state index in [1.165, 1.54) is 16.2 Å². The van der Waals surface area contributed by atoms with Crippen LogP contribution in [0.25, 0.3) is 10.6 Å². The standard InChI is InChI=1S/C37H51ClN6O8S2/c1-22(2)9-7-6-8-10-27(41-35(49)52-36(3,4)5)33(47)44-20-25(39-30(45)28-21-53-32(40-28)23-11-13-24(38)14-12-23)19-29(44)31(46)42-37(17-18-37)34(48)43-54(50,51)26-15-16-26/h11-14,21-22,25-27,29H,6-10,15-20H2,1-5H3,(H,39,45)(H,41,49)(H,42,46)(H,43,48)/t25-,27+,29+/m1/s1. The number of alkyl carbamates (subject to hydrolysis) is 1. The molecule has 1 aromatic carbocycles. The number of aromatic nitrogens is 1. The highest BCUT2D eigenvalue weighted by molar-refractivity contribution is 7.91. The lowest BCUT2D eigenvalue weighted by Gasteiger charge is -2.30. The number of rotatable bonds is 16. The fourth-order valence-corrected chi connectivity index (χ4v) is 8.63. The van der Waals surface area contributed by atoms with Gasteiger partial charge in [0.25, 0.3) is 11.8 Å². The first kappa shape index (κ1) is 41.4. The summed E-state index contributed by atoms with van der Waals surface area (Å²) in [4.78, 5) is 73.8. The summed E-state index contributed by atoms with van der Waals surface area (Å²) in [7, 11) is -3.86. The van der Waals surface area contributed by atoms with Gasteiger partial charge >= 0.3 is 6.09 Å². The summed E-state index contributed by atoms with van der Waals surface area (Å²) >= 11 is 7.30. The van der Waals surface area contributed by atoms with E-state index in [4.69, 9.17) is 16.3 Å². The average molecular weight is 807 g/mol. The third-order valence-electron chi connectivity index (χ3n) is 9.56. The van der Waals surface area contributed by atoms with Gasteiger partial charge in [-0.25, -0.2) is 18.2 Å². The van der Waals surface area contributed by atoms with Crippen LogP contribution < -0.4 is 20.7 Å². The number of carbonyl (C=O) groups is 5. The number of benzene rings is 1. The number of amides is 5. The van der Waals surface area contributed by atoms with Crippen molar-refractivity contribution in [3.05, 3.63) is 40.4 Å². The Morgan fingerprint density at radius 3 is 2.31 bits per heavy atom. The van der Waals surface area contributed by atoms with Crippen molar-refractivity contribution in [3.8, 4) is 10.6 Å². The van der Waals surface area contributed by atoms with Crippen LogP contribution in [-0.2, 0) is 29.1 Å². The number of halogens is 1. The van der Waals surface area contributed by atoms with Gasteiger partial charge in [-0.3, -0.25) is 23.9 Å². The highest BCUT2D eigenvalue weighted by atomic mass is 35.5. The van der Waals surface area contributed by atoms with Crippen LogP contribution in [0.3, 0.4) is 0 Å². The Balaban J connectivity index is 1.34. The number of hydrogen-bond donors (Lipinski definition) is 4. The summed E-state index contributed by atoms with van der Waals surface area (Å²) in [6.45, 7) is 9.35. The van der Waals surface area contributed by atoms with Gasteiger partial charge in [0.1, 0.15) is 33.9 Å². The second-order valence-corrected chi connectivity index (χ2v) is 19.2. The van der Waals surface area contributed by atoms with Crippen molar-refractivity contribution < 1.29 is 37.1 Å². The molecular formula is C37H51ClN6O8S2. The van der Waals surface area contributed by atoms with Gasteiger partial charge < -0.3 is 25.6 Å². The minimum absolute atomic E-state index is 0.00308. The van der Waals surface area contributed by atoms with Gasteiger partial charge in [-0.05, 0) is 77.3 Å². The molecule has 2 aliphatic carbocycles. The van der Waals surface area contributed by atoms with Gasteiger partial charge in [0.15, 0.2) is 0 Å². The normalized spacial score (nSPS) is 19.9. The van der Waals surface area contributed by atoms with Gasteiger partial charge in [0.05, 0.1) is 5.25 Å². The monoisotopic (exact) mass is 806 g/mol. The molecule has 3 atom stereocenters. The smallest absolute Gasteiger partial charge is 0.408 e. The topological polar surface area (TPSA) is 193 Å². The average Bonchev–Trinajstić information content (AvgIpc) is 3.99. The van der Waals surface area contributed by atoms with Gasteiger partial charge in [0, 0.05) is 28.6 Å². The lowest BCUT2D eigenvalue weighted by molar-refractivity contribution is -0.141. The molecule has 2 saturated carbocycles. The highest BCUT2D eigenvalue weighted by Crippen LogP contribution is 2.38. The van der Waals surface area contributed by atoms with Gasteiger partial charge in [-0.15, -0.1) is 11.3 Å². The fourth-order valence-electron chi connectivity index (χ4n) is 6.32. The lowest BCUT2D eigenvalue weighted by Crippen LogP contribution is -2.57. The van der Waals surface area contributed by atoms with E-state index < -0.39 is 74.3 Å². The van der Waals surface area contributed by atoms with E-state index in [9.17, 15) is 32.4 Å². The molecule has 3 fully saturated rings. The van der Waals surface area contributed by atoms with Crippen LogP contribution in [0.5, 0.6) is 0 Å². The zero-order chi connectivity index (χ0) is 39.4. The SMILES string of the molecule is CC(C)CCCCC[C@H](NC(=O)OC(C)(C)C)C(=O)N1C[C@H](NC(=O)c2csc(-c3ccc(Cl)cc3)n2)C[C@H]1C(=O)NC1(C(=O)NS(=O)(=O)C2CC2)CC1. The summed E-state index contributed by atoms with van der Waals surface area (Å²) in [5, 5.41) is 10.5. The van der Waals surface area contributed by atoms with Crippen LogP contribution in [0.15, 0.2) is 29.6 Å². The number of nitrogens with one attached hydrogen (secondary N) is 4. The first-order chi connectivity index (χ1) is 25.4. The van der Waals surface area contributed by atoms with E-state index in [1.54, 1.807) is 50.4 Å². The van der Waals surface area contributed by atoms with Crippen molar-refractivity contribution in [1.82, 2.24) is 30.6 Å². The Morgan fingerprint density at radius 2 is 1.70 bits per heavy atom. The molecule has 0 unspecified atom stereocenters. The lowest BCUT2D eigenvalue weighted by atomic mass is 10.0. The molecule has 2 heterocycles. The molecule has 1 aliphatic heterocycles. The molecule has 14 nitrogen and oxygen atoms in total. The van der Waals surface area contributed by atoms with Crippen molar-refractivity contribution in [1.29, 1.82) is 0 Å². The Morgan fingerprint density at radius 1 is 1.04 bits per heavy atom. The fraction of sp³-hybridized carbons (Fsp3) is 0.622. The molecule has 0 radical (unpaired) electrons. The zero-order valence-corrected chi connectivity index (χ0v) is 33.8. The number of sulfonamides is 1. The maximum absolute atomic E-state index is 14.4. The number of likely N-dealkylation sites (tertiary alicyclic amines) is 1. The van der Waals surface area contributed by atoms with E-state index in [0.29, 0.717) is 35.2 Å². The number of carbonyl (C=O) groups excluding carboxylic acids is 5. The number of hydrogen-bond acceptors (Lipinski definition) is 10. The van der Waals surface area contributed by atoms with E-state index in [-0.39, 0.29) is 37.9 Å². The Kier molecular flexibility index (Phi) is 13.0. The summed E-state index contributed by atoms with van der Waals surface area (Å²) in [5.74, 6) is -1.98. The molecule has 5 amide bonds. The highest BCUT2D eigenvalue weighted by Gasteiger charge is 2.55. The second kappa shape index (κ2) is 16.9. The molecular weight excluding hydrogens is 756 g/mol. The Bertz CT molecular complexity index is 1820. The summed E-state index contributed by atoms with van der Waals surface area (Å²) in [6.07, 6.45) is 4.32. The minimum Gasteiger partial charge on any atom is -0.444 e. The Hall–Kier alpha value is -3.76. The molecule has 5 rings (SSSR count). The molecule has 3 aliphatic rings. The zero-order valence-electron chi connectivity index (χ0n) is 31.4. The van der Waals surface area contributed by atoms with Gasteiger partial charge in [-0.1, -0.05) is 63.3 Å². The number of ether oxygens (including phenoxy) is 1. The number of nitrogens with zero attached hydrogens (tertiary/aromatic N) is 2. The predicted molar refractivity (Wildman–Crippen MR) is 205 cm³/mol. The van der Waals surface area contributed by atoms with Gasteiger partial charge in [-0.2, -0.15) is 0 Å². The Labute approximate surface area is 325 Å². The molecule has 2 aromatic rings. The van der Waals surface area contributed by atoms with Crippen molar-refractivity contribution in [2.75, 3.05) is 6.54 Å². The molecule has 4 N–H and O–H groups in total. The van der Waals surface area contributed by atoms with E-state index in [1.807, 2.05) is 0 Å². The van der Waals surface area contributed by atoms with Crippen molar-refractivity contribution in [3.63, 3.8) is 0 Å². The number of thiazole rings is 1. The third kappa shape index (κ3) is 11.2. The summed E-state index contributed by atoms with van der Waals surface area (Å²) in [6, 6.07) is 4.18. The van der Waals surface area contributed by atoms with Crippen molar-refractivity contribution in [2.24, 2.45) is 5.92 Å². The first-order valence-electron chi connectivity index (χ1n) is 18.6. The maximum Gasteiger partial charge on any atom is 0.408 e. The molecule has 54 heavy (non-hydrogen) atoms. The van der Waals surface area contributed by atoms with Crippen molar-refractivity contribution in [2.45, 2.75) is 133 Å². The molecule has 17 heteroatoms. The van der Waals surface area contributed by atoms with Crippen LogP contribution in [0.1, 0.15) is 109 Å². The van der Waals surface area contributed by atoms with Crippen LogP contribution in [0.2, 0.25) is 5.02 Å². The van der Waals surface area contributed by atoms with Crippen LogP contribution in [-0.4, -0.2) is 89.1 Å². The molecule has 1 aromatic heterocycles. The summed E-state index contributed by atoms with van der Waals surface area (Å²) in [5.41, 5.74) is -1.31. The third-order valence-corrected chi connectivity index (χ3v) is 12.5. The maximum atomic E-state index is 14.4. The molecule has 1 saturated heterocycles. The van der Waals surface area contributed by atoms with Crippen LogP contribution in [0.4, 0.5) is 4.79 Å². The molecule has 296 valence electrons. The first-order valence-corrected chi connectivity index (χ1v) is 21.4. The predicted octanol–water partition coefficient (Wildman–Crippen LogP) is 4.92. The quantitative estimate of drug-likeness (QED) is 0.171. The largest absolute Gasteiger partial charge is 0.444 e. The van der Waals surface area contributed by atoms with Crippen LogP contribution in [0, 0.1) is 5.92 Å². The molecule has 0 bridgehead atoms. The minimum atomic E-state index is -3.86. The van der Waals surface area contributed by atoms with E-state index in [2.05, 4.69) is 39.5 Å².